The summed E-state index contributed by atoms with van der Waals surface area (Å²) in [5.41, 5.74) is 1.16. The van der Waals surface area contributed by atoms with Crippen molar-refractivity contribution < 1.29 is 13.2 Å². The van der Waals surface area contributed by atoms with Gasteiger partial charge in [0, 0.05) is 56.0 Å². The number of halogens is 1. The van der Waals surface area contributed by atoms with Crippen molar-refractivity contribution in [3.63, 3.8) is 0 Å². The lowest BCUT2D eigenvalue weighted by Gasteiger charge is -2.38. The van der Waals surface area contributed by atoms with Crippen molar-refractivity contribution in [3.05, 3.63) is 29.3 Å². The van der Waals surface area contributed by atoms with E-state index >= 15 is 0 Å². The molecule has 9 heteroatoms. The summed E-state index contributed by atoms with van der Waals surface area (Å²) >= 11 is 5.95. The van der Waals surface area contributed by atoms with E-state index in [1.807, 2.05) is 24.3 Å². The minimum Gasteiger partial charge on any atom is -0.371 e. The molecule has 2 aliphatic heterocycles. The van der Waals surface area contributed by atoms with E-state index in [0.29, 0.717) is 25.9 Å². The maximum Gasteiger partial charge on any atom is 0.317 e. The molecule has 0 bridgehead atoms. The summed E-state index contributed by atoms with van der Waals surface area (Å²) in [5, 5.41) is 3.88. The van der Waals surface area contributed by atoms with E-state index in [2.05, 4.69) is 10.2 Å². The van der Waals surface area contributed by atoms with Gasteiger partial charge in [-0.15, -0.1) is 0 Å². The molecular formula is C19H29ClN4O3S. The number of carbonyl (C=O) groups excluding carboxylic acids is 1. The van der Waals surface area contributed by atoms with E-state index in [0.717, 1.165) is 36.6 Å². The van der Waals surface area contributed by atoms with Crippen LogP contribution in [-0.4, -0.2) is 75.2 Å². The Morgan fingerprint density at radius 1 is 1.07 bits per heavy atom. The second-order valence-corrected chi connectivity index (χ2v) is 10.1. The fraction of sp³-hybridized carbons (Fsp3) is 0.632. The highest BCUT2D eigenvalue weighted by Gasteiger charge is 2.30. The van der Waals surface area contributed by atoms with Crippen LogP contribution in [0.25, 0.3) is 0 Å². The molecule has 0 spiro atoms. The number of nitrogens with one attached hydrogen (secondary N) is 1. The molecule has 2 fully saturated rings. The Balaban J connectivity index is 1.44. The number of piperidine rings is 2. The number of benzene rings is 1. The zero-order chi connectivity index (χ0) is 20.3. The summed E-state index contributed by atoms with van der Waals surface area (Å²) in [6.07, 6.45) is 4.38. The molecule has 0 atom stereocenters. The van der Waals surface area contributed by atoms with Gasteiger partial charge in [0.05, 0.1) is 6.26 Å². The Labute approximate surface area is 172 Å². The van der Waals surface area contributed by atoms with Crippen LogP contribution in [0.2, 0.25) is 5.02 Å². The predicted octanol–water partition coefficient (Wildman–Crippen LogP) is 2.37. The maximum absolute atomic E-state index is 12.6. The van der Waals surface area contributed by atoms with E-state index < -0.39 is 10.0 Å². The van der Waals surface area contributed by atoms with Gasteiger partial charge in [-0.1, -0.05) is 11.6 Å². The first-order chi connectivity index (χ1) is 13.2. The first-order valence-corrected chi connectivity index (χ1v) is 12.0. The number of amides is 2. The van der Waals surface area contributed by atoms with E-state index in [-0.39, 0.29) is 18.1 Å². The van der Waals surface area contributed by atoms with Gasteiger partial charge >= 0.3 is 6.03 Å². The van der Waals surface area contributed by atoms with E-state index in [1.165, 1.54) is 10.6 Å². The SMILES string of the molecule is CN(C(=O)NC1CCN(c2ccc(Cl)cc2)CC1)C1CCN(S(C)(=O)=O)CC1. The molecule has 1 N–H and O–H groups in total. The molecule has 0 unspecified atom stereocenters. The van der Waals surface area contributed by atoms with Gasteiger partial charge < -0.3 is 15.1 Å². The number of hydrogen-bond acceptors (Lipinski definition) is 4. The summed E-state index contributed by atoms with van der Waals surface area (Å²) in [5.74, 6) is 0. The van der Waals surface area contributed by atoms with Crippen molar-refractivity contribution in [2.75, 3.05) is 44.4 Å². The summed E-state index contributed by atoms with van der Waals surface area (Å²) < 4.78 is 24.7. The summed E-state index contributed by atoms with van der Waals surface area (Å²) in [6, 6.07) is 8.02. The highest BCUT2D eigenvalue weighted by molar-refractivity contribution is 7.88. The monoisotopic (exact) mass is 428 g/mol. The third kappa shape index (κ3) is 5.30. The lowest BCUT2D eigenvalue weighted by Crippen LogP contribution is -2.53. The van der Waals surface area contributed by atoms with E-state index in [9.17, 15) is 13.2 Å². The molecular weight excluding hydrogens is 400 g/mol. The van der Waals surface area contributed by atoms with Crippen LogP contribution < -0.4 is 10.2 Å². The van der Waals surface area contributed by atoms with Crippen LogP contribution in [0.3, 0.4) is 0 Å². The molecule has 28 heavy (non-hydrogen) atoms. The van der Waals surface area contributed by atoms with Crippen molar-refractivity contribution in [2.45, 2.75) is 37.8 Å². The number of hydrogen-bond donors (Lipinski definition) is 1. The molecule has 1 aromatic rings. The second kappa shape index (κ2) is 8.88. The minimum absolute atomic E-state index is 0.0669. The van der Waals surface area contributed by atoms with Crippen molar-refractivity contribution >= 4 is 33.3 Å². The van der Waals surface area contributed by atoms with Crippen molar-refractivity contribution in [1.29, 1.82) is 0 Å². The highest BCUT2D eigenvalue weighted by atomic mass is 35.5. The van der Waals surface area contributed by atoms with Gasteiger partial charge in [0.2, 0.25) is 10.0 Å². The van der Waals surface area contributed by atoms with Crippen molar-refractivity contribution in [2.24, 2.45) is 0 Å². The molecule has 1 aromatic carbocycles. The molecule has 2 heterocycles. The molecule has 7 nitrogen and oxygen atoms in total. The van der Waals surface area contributed by atoms with Gasteiger partial charge in [-0.3, -0.25) is 0 Å². The average Bonchev–Trinajstić information content (AvgIpc) is 2.68. The first-order valence-electron chi connectivity index (χ1n) is 9.73. The maximum atomic E-state index is 12.6. The number of urea groups is 1. The summed E-state index contributed by atoms with van der Waals surface area (Å²) in [4.78, 5) is 16.7. The number of anilines is 1. The lowest BCUT2D eigenvalue weighted by molar-refractivity contribution is 0.159. The molecule has 156 valence electrons. The number of sulfonamides is 1. The van der Waals surface area contributed by atoms with Gasteiger partial charge in [-0.05, 0) is 49.9 Å². The molecule has 2 amide bonds. The van der Waals surface area contributed by atoms with Crippen LogP contribution in [-0.2, 0) is 10.0 Å². The van der Waals surface area contributed by atoms with Crippen LogP contribution in [0, 0.1) is 0 Å². The standard InChI is InChI=1S/C19H29ClN4O3S/c1-22(17-9-13-24(14-10-17)28(2,26)27)19(25)21-16-7-11-23(12-8-16)18-5-3-15(20)4-6-18/h3-6,16-17H,7-14H2,1-2H3,(H,21,25). The second-order valence-electron chi connectivity index (χ2n) is 7.69. The fourth-order valence-corrected chi connectivity index (χ4v) is 4.94. The van der Waals surface area contributed by atoms with E-state index in [4.69, 9.17) is 11.6 Å². The Morgan fingerprint density at radius 2 is 1.64 bits per heavy atom. The van der Waals surface area contributed by atoms with Gasteiger partial charge in [0.15, 0.2) is 0 Å². The normalized spacial score (nSPS) is 20.2. The predicted molar refractivity (Wildman–Crippen MR) is 112 cm³/mol. The number of carbonyl (C=O) groups is 1. The van der Waals surface area contributed by atoms with Crippen molar-refractivity contribution in [3.8, 4) is 0 Å². The molecule has 2 saturated heterocycles. The molecule has 2 aliphatic rings. The van der Waals surface area contributed by atoms with Crippen LogP contribution in [0.1, 0.15) is 25.7 Å². The van der Waals surface area contributed by atoms with Crippen LogP contribution in [0.4, 0.5) is 10.5 Å². The quantitative estimate of drug-likeness (QED) is 0.799. The molecule has 0 aromatic heterocycles. The molecule has 3 rings (SSSR count). The largest absolute Gasteiger partial charge is 0.371 e. The Bertz CT molecular complexity index is 771. The van der Waals surface area contributed by atoms with Gasteiger partial charge in [0.1, 0.15) is 0 Å². The van der Waals surface area contributed by atoms with E-state index in [1.54, 1.807) is 11.9 Å². The smallest absolute Gasteiger partial charge is 0.317 e. The zero-order valence-corrected chi connectivity index (χ0v) is 18.0. The average molecular weight is 429 g/mol. The fourth-order valence-electron chi connectivity index (χ4n) is 3.94. The Hall–Kier alpha value is -1.51. The van der Waals surface area contributed by atoms with Crippen LogP contribution in [0.5, 0.6) is 0 Å². The Morgan fingerprint density at radius 3 is 2.18 bits per heavy atom. The molecule has 0 saturated carbocycles. The lowest BCUT2D eigenvalue weighted by atomic mass is 10.0. The van der Waals surface area contributed by atoms with Crippen LogP contribution in [0.15, 0.2) is 24.3 Å². The number of nitrogens with zero attached hydrogens (tertiary/aromatic N) is 3. The minimum atomic E-state index is -3.15. The van der Waals surface area contributed by atoms with Gasteiger partial charge in [-0.2, -0.15) is 0 Å². The number of rotatable bonds is 4. The third-order valence-electron chi connectivity index (χ3n) is 5.77. The van der Waals surface area contributed by atoms with Crippen LogP contribution >= 0.6 is 11.6 Å². The topological polar surface area (TPSA) is 73.0 Å². The summed E-state index contributed by atoms with van der Waals surface area (Å²) in [6.45, 7) is 2.73. The molecule has 0 radical (unpaired) electrons. The first kappa shape index (κ1) is 21.2. The van der Waals surface area contributed by atoms with Gasteiger partial charge in [0.25, 0.3) is 0 Å². The van der Waals surface area contributed by atoms with Gasteiger partial charge in [-0.25, -0.2) is 17.5 Å². The summed E-state index contributed by atoms with van der Waals surface area (Å²) in [7, 11) is -1.34. The molecule has 0 aliphatic carbocycles. The zero-order valence-electron chi connectivity index (χ0n) is 16.5. The highest BCUT2D eigenvalue weighted by Crippen LogP contribution is 2.23. The van der Waals surface area contributed by atoms with Crippen molar-refractivity contribution in [1.82, 2.24) is 14.5 Å². The third-order valence-corrected chi connectivity index (χ3v) is 7.33. The Kier molecular flexibility index (Phi) is 6.73.